The van der Waals surface area contributed by atoms with Gasteiger partial charge in [-0.3, -0.25) is 4.79 Å². The van der Waals surface area contributed by atoms with Crippen molar-refractivity contribution in [1.82, 2.24) is 0 Å². The Morgan fingerprint density at radius 2 is 2.29 bits per heavy atom. The summed E-state index contributed by atoms with van der Waals surface area (Å²) in [4.78, 5) is 12.4. The fourth-order valence-corrected chi connectivity index (χ4v) is 2.08. The maximum atomic E-state index is 12.9. The highest BCUT2D eigenvalue weighted by Gasteiger charge is 2.11. The Bertz CT molecular complexity index is 341. The standard InChI is InChI=1S/C10H10BrFOS/c1-14-10-3-2-7(12)6-8(10)9(13)4-5-11/h2-3,6H,4-5H2,1H3. The van der Waals surface area contributed by atoms with Crippen molar-refractivity contribution in [2.45, 2.75) is 11.3 Å². The van der Waals surface area contributed by atoms with Gasteiger partial charge in [-0.2, -0.15) is 0 Å². The number of alkyl halides is 1. The summed E-state index contributed by atoms with van der Waals surface area (Å²) in [6.07, 6.45) is 2.27. The molecule has 0 unspecified atom stereocenters. The van der Waals surface area contributed by atoms with Crippen LogP contribution < -0.4 is 0 Å². The molecule has 1 aromatic rings. The minimum atomic E-state index is -0.360. The highest BCUT2D eigenvalue weighted by atomic mass is 79.9. The monoisotopic (exact) mass is 276 g/mol. The van der Waals surface area contributed by atoms with Gasteiger partial charge in [-0.1, -0.05) is 15.9 Å². The van der Waals surface area contributed by atoms with Crippen molar-refractivity contribution in [3.8, 4) is 0 Å². The second kappa shape index (κ2) is 5.51. The summed E-state index contributed by atoms with van der Waals surface area (Å²) < 4.78 is 12.9. The summed E-state index contributed by atoms with van der Waals surface area (Å²) in [6.45, 7) is 0. The molecule has 0 aliphatic rings. The Kier molecular flexibility index (Phi) is 4.62. The van der Waals surface area contributed by atoms with Crippen LogP contribution in [-0.4, -0.2) is 17.4 Å². The van der Waals surface area contributed by atoms with Gasteiger partial charge in [0.05, 0.1) is 0 Å². The normalized spacial score (nSPS) is 10.2. The molecule has 0 radical (unpaired) electrons. The predicted molar refractivity (Wildman–Crippen MR) is 60.9 cm³/mol. The molecule has 0 N–H and O–H groups in total. The SMILES string of the molecule is CSc1ccc(F)cc1C(=O)CCBr. The van der Waals surface area contributed by atoms with Crippen LogP contribution in [0.2, 0.25) is 0 Å². The Labute approximate surface area is 95.2 Å². The van der Waals surface area contributed by atoms with Gasteiger partial charge in [0, 0.05) is 22.2 Å². The molecule has 1 rings (SSSR count). The van der Waals surface area contributed by atoms with E-state index in [1.165, 1.54) is 23.9 Å². The number of thioether (sulfide) groups is 1. The van der Waals surface area contributed by atoms with E-state index in [0.29, 0.717) is 17.3 Å². The van der Waals surface area contributed by atoms with Gasteiger partial charge in [-0.15, -0.1) is 11.8 Å². The molecule has 0 spiro atoms. The average Bonchev–Trinajstić information content (AvgIpc) is 2.18. The first-order valence-electron chi connectivity index (χ1n) is 4.11. The third-order valence-corrected chi connectivity index (χ3v) is 2.98. The van der Waals surface area contributed by atoms with Gasteiger partial charge in [-0.25, -0.2) is 4.39 Å². The summed E-state index contributed by atoms with van der Waals surface area (Å²) in [6, 6.07) is 4.31. The summed E-state index contributed by atoms with van der Waals surface area (Å²) in [5.41, 5.74) is 0.483. The molecule has 1 nitrogen and oxygen atoms in total. The van der Waals surface area contributed by atoms with Gasteiger partial charge in [-0.05, 0) is 24.5 Å². The van der Waals surface area contributed by atoms with Gasteiger partial charge in [0.1, 0.15) is 5.82 Å². The Balaban J connectivity index is 3.03. The highest BCUT2D eigenvalue weighted by molar-refractivity contribution is 9.09. The lowest BCUT2D eigenvalue weighted by molar-refractivity contribution is 0.0986. The lowest BCUT2D eigenvalue weighted by atomic mass is 10.1. The molecule has 0 aliphatic heterocycles. The summed E-state index contributed by atoms with van der Waals surface area (Å²) in [5, 5.41) is 0.607. The third-order valence-electron chi connectivity index (χ3n) is 1.78. The van der Waals surface area contributed by atoms with Gasteiger partial charge >= 0.3 is 0 Å². The largest absolute Gasteiger partial charge is 0.294 e. The van der Waals surface area contributed by atoms with Crippen LogP contribution in [0.1, 0.15) is 16.8 Å². The first-order valence-corrected chi connectivity index (χ1v) is 6.46. The van der Waals surface area contributed by atoms with E-state index < -0.39 is 0 Å². The third kappa shape index (κ3) is 2.82. The zero-order chi connectivity index (χ0) is 10.6. The number of halogens is 2. The van der Waals surface area contributed by atoms with E-state index in [-0.39, 0.29) is 11.6 Å². The first-order chi connectivity index (χ1) is 6.69. The van der Waals surface area contributed by atoms with Crippen molar-refractivity contribution in [3.05, 3.63) is 29.6 Å². The fraction of sp³-hybridized carbons (Fsp3) is 0.300. The Hall–Kier alpha value is -0.350. The molecule has 0 bridgehead atoms. The molecular formula is C10H10BrFOS. The van der Waals surface area contributed by atoms with E-state index in [9.17, 15) is 9.18 Å². The molecule has 4 heteroatoms. The molecule has 0 aliphatic carbocycles. The molecule has 0 saturated heterocycles. The van der Waals surface area contributed by atoms with Crippen LogP contribution in [-0.2, 0) is 0 Å². The lowest BCUT2D eigenvalue weighted by Crippen LogP contribution is -2.02. The van der Waals surface area contributed by atoms with E-state index in [1.807, 2.05) is 6.26 Å². The minimum Gasteiger partial charge on any atom is -0.294 e. The van der Waals surface area contributed by atoms with Crippen molar-refractivity contribution in [2.75, 3.05) is 11.6 Å². The molecule has 1 aromatic carbocycles. The van der Waals surface area contributed by atoms with Crippen molar-refractivity contribution in [1.29, 1.82) is 0 Å². The van der Waals surface area contributed by atoms with Crippen LogP contribution in [0.4, 0.5) is 4.39 Å². The Morgan fingerprint density at radius 3 is 2.86 bits per heavy atom. The smallest absolute Gasteiger partial charge is 0.164 e. The number of benzene rings is 1. The van der Waals surface area contributed by atoms with Crippen LogP contribution in [0.25, 0.3) is 0 Å². The van der Waals surface area contributed by atoms with Gasteiger partial charge in [0.15, 0.2) is 5.78 Å². The van der Waals surface area contributed by atoms with Gasteiger partial charge < -0.3 is 0 Å². The quantitative estimate of drug-likeness (QED) is 0.476. The van der Waals surface area contributed by atoms with Gasteiger partial charge in [0.2, 0.25) is 0 Å². The van der Waals surface area contributed by atoms with E-state index >= 15 is 0 Å². The van der Waals surface area contributed by atoms with Crippen LogP contribution in [0.5, 0.6) is 0 Å². The van der Waals surface area contributed by atoms with Crippen molar-refractivity contribution in [3.63, 3.8) is 0 Å². The molecule has 0 atom stereocenters. The molecule has 0 fully saturated rings. The molecule has 76 valence electrons. The number of carbonyl (C=O) groups excluding carboxylic acids is 1. The van der Waals surface area contributed by atoms with E-state index in [4.69, 9.17) is 0 Å². The summed E-state index contributed by atoms with van der Waals surface area (Å²) >= 11 is 4.65. The topological polar surface area (TPSA) is 17.1 Å². The summed E-state index contributed by atoms with van der Waals surface area (Å²) in [5.74, 6) is -0.383. The van der Waals surface area contributed by atoms with Crippen LogP contribution in [0.15, 0.2) is 23.1 Å². The second-order valence-electron chi connectivity index (χ2n) is 2.71. The van der Waals surface area contributed by atoms with Crippen molar-refractivity contribution >= 4 is 33.5 Å². The van der Waals surface area contributed by atoms with E-state index in [1.54, 1.807) is 6.07 Å². The average molecular weight is 277 g/mol. The number of ketones is 1. The maximum Gasteiger partial charge on any atom is 0.164 e. The molecule has 14 heavy (non-hydrogen) atoms. The molecule has 0 aromatic heterocycles. The van der Waals surface area contributed by atoms with Crippen LogP contribution in [0, 0.1) is 5.82 Å². The maximum absolute atomic E-state index is 12.9. The zero-order valence-corrected chi connectivity index (χ0v) is 10.1. The number of hydrogen-bond donors (Lipinski definition) is 0. The highest BCUT2D eigenvalue weighted by Crippen LogP contribution is 2.22. The Morgan fingerprint density at radius 1 is 1.57 bits per heavy atom. The first kappa shape index (κ1) is 11.7. The van der Waals surface area contributed by atoms with Crippen molar-refractivity contribution in [2.24, 2.45) is 0 Å². The van der Waals surface area contributed by atoms with Crippen LogP contribution >= 0.6 is 27.7 Å². The fourth-order valence-electron chi connectivity index (χ4n) is 1.12. The number of carbonyl (C=O) groups is 1. The molecule has 0 saturated carbocycles. The predicted octanol–water partition coefficient (Wildman–Crippen LogP) is 3.52. The van der Waals surface area contributed by atoms with Gasteiger partial charge in [0.25, 0.3) is 0 Å². The lowest BCUT2D eigenvalue weighted by Gasteiger charge is -2.05. The molecule has 0 heterocycles. The van der Waals surface area contributed by atoms with Crippen LogP contribution in [0.3, 0.4) is 0 Å². The van der Waals surface area contributed by atoms with Crippen molar-refractivity contribution < 1.29 is 9.18 Å². The van der Waals surface area contributed by atoms with E-state index in [0.717, 1.165) is 4.90 Å². The number of rotatable bonds is 4. The summed E-state index contributed by atoms with van der Waals surface area (Å²) in [7, 11) is 0. The number of hydrogen-bond acceptors (Lipinski definition) is 2. The molecule has 0 amide bonds. The minimum absolute atomic E-state index is 0.0225. The zero-order valence-electron chi connectivity index (χ0n) is 7.72. The molecular weight excluding hydrogens is 267 g/mol. The number of Topliss-reactive ketones (excluding diaryl/α,β-unsaturated/α-hetero) is 1. The van der Waals surface area contributed by atoms with E-state index in [2.05, 4.69) is 15.9 Å². The second-order valence-corrected chi connectivity index (χ2v) is 4.35.